The Morgan fingerprint density at radius 1 is 1.21 bits per heavy atom. The summed E-state index contributed by atoms with van der Waals surface area (Å²) < 4.78 is 1.43. The zero-order valence-corrected chi connectivity index (χ0v) is 16.2. The number of anilines is 1. The van der Waals surface area contributed by atoms with Gasteiger partial charge in [-0.15, -0.1) is 0 Å². The van der Waals surface area contributed by atoms with Crippen LogP contribution in [0.4, 0.5) is 10.6 Å². The molecule has 0 radical (unpaired) electrons. The van der Waals surface area contributed by atoms with Crippen molar-refractivity contribution in [1.82, 2.24) is 25.1 Å². The van der Waals surface area contributed by atoms with Crippen molar-refractivity contribution in [3.63, 3.8) is 0 Å². The SMILES string of the molecule is CCc1c(C)nc(-n2nc(C)cc2NC(=O)NCCc2ccccc2)[nH]c1=O. The molecule has 0 fully saturated rings. The van der Waals surface area contributed by atoms with Gasteiger partial charge in [0.15, 0.2) is 0 Å². The number of aromatic amines is 1. The number of carbonyl (C=O) groups excluding carboxylic acids is 1. The molecule has 0 saturated heterocycles. The van der Waals surface area contributed by atoms with Gasteiger partial charge in [-0.1, -0.05) is 37.3 Å². The molecule has 2 aromatic heterocycles. The lowest BCUT2D eigenvalue weighted by Gasteiger charge is -2.10. The highest BCUT2D eigenvalue weighted by Gasteiger charge is 2.14. The predicted molar refractivity (Wildman–Crippen MR) is 108 cm³/mol. The molecule has 3 aromatic rings. The Hall–Kier alpha value is -3.42. The summed E-state index contributed by atoms with van der Waals surface area (Å²) in [5, 5.41) is 9.94. The lowest BCUT2D eigenvalue weighted by atomic mass is 10.1. The van der Waals surface area contributed by atoms with Crippen LogP contribution in [-0.4, -0.2) is 32.3 Å². The van der Waals surface area contributed by atoms with Crippen LogP contribution in [0.3, 0.4) is 0 Å². The quantitative estimate of drug-likeness (QED) is 0.611. The highest BCUT2D eigenvalue weighted by atomic mass is 16.2. The zero-order valence-electron chi connectivity index (χ0n) is 16.2. The summed E-state index contributed by atoms with van der Waals surface area (Å²) in [6.45, 7) is 6.00. The molecule has 0 atom stereocenters. The molecule has 28 heavy (non-hydrogen) atoms. The molecule has 2 heterocycles. The maximum absolute atomic E-state index is 12.3. The maximum atomic E-state index is 12.3. The average Bonchev–Trinajstić information content (AvgIpc) is 3.02. The van der Waals surface area contributed by atoms with Gasteiger partial charge in [0.1, 0.15) is 5.82 Å². The van der Waals surface area contributed by atoms with Crippen LogP contribution in [0.1, 0.15) is 29.4 Å². The normalized spacial score (nSPS) is 10.7. The topological polar surface area (TPSA) is 105 Å². The van der Waals surface area contributed by atoms with Gasteiger partial charge < -0.3 is 5.32 Å². The van der Waals surface area contributed by atoms with Crippen molar-refractivity contribution in [2.24, 2.45) is 0 Å². The van der Waals surface area contributed by atoms with Gasteiger partial charge in [0.05, 0.1) is 5.69 Å². The van der Waals surface area contributed by atoms with E-state index in [0.717, 1.165) is 12.0 Å². The third kappa shape index (κ3) is 4.46. The second-order valence-electron chi connectivity index (χ2n) is 6.51. The summed E-state index contributed by atoms with van der Waals surface area (Å²) >= 11 is 0. The third-order valence-corrected chi connectivity index (χ3v) is 4.38. The molecule has 0 unspecified atom stereocenters. The van der Waals surface area contributed by atoms with Crippen molar-refractivity contribution < 1.29 is 4.79 Å². The van der Waals surface area contributed by atoms with E-state index in [4.69, 9.17) is 0 Å². The number of nitrogens with zero attached hydrogens (tertiary/aromatic N) is 3. The number of hydrogen-bond donors (Lipinski definition) is 3. The summed E-state index contributed by atoms with van der Waals surface area (Å²) in [5.74, 6) is 0.703. The van der Waals surface area contributed by atoms with Crippen molar-refractivity contribution in [2.45, 2.75) is 33.6 Å². The number of benzene rings is 1. The van der Waals surface area contributed by atoms with Crippen molar-refractivity contribution >= 4 is 11.8 Å². The van der Waals surface area contributed by atoms with E-state index in [0.29, 0.717) is 35.7 Å². The van der Waals surface area contributed by atoms with Gasteiger partial charge in [0.2, 0.25) is 5.95 Å². The molecule has 2 amide bonds. The molecule has 8 nitrogen and oxygen atoms in total. The lowest BCUT2D eigenvalue weighted by Crippen LogP contribution is -2.31. The Kier molecular flexibility index (Phi) is 5.88. The molecule has 3 N–H and O–H groups in total. The molecule has 0 spiro atoms. The Morgan fingerprint density at radius 2 is 1.96 bits per heavy atom. The molecular weight excluding hydrogens is 356 g/mol. The third-order valence-electron chi connectivity index (χ3n) is 4.38. The van der Waals surface area contributed by atoms with E-state index in [1.165, 1.54) is 4.68 Å². The standard InChI is InChI=1S/C20H24N6O2/c1-4-16-14(3)22-19(24-18(16)27)26-17(12-13(2)25-26)23-20(28)21-11-10-15-8-6-5-7-9-15/h5-9,12H,4,10-11H2,1-3H3,(H2,21,23,28)(H,22,24,27). The van der Waals surface area contributed by atoms with Gasteiger partial charge in [-0.25, -0.2) is 9.78 Å². The van der Waals surface area contributed by atoms with E-state index in [1.54, 1.807) is 19.9 Å². The van der Waals surface area contributed by atoms with Crippen LogP contribution in [-0.2, 0) is 12.8 Å². The molecule has 0 saturated carbocycles. The fourth-order valence-electron chi connectivity index (χ4n) is 2.99. The number of H-pyrrole nitrogens is 1. The fraction of sp³-hybridized carbons (Fsp3) is 0.300. The molecule has 0 aliphatic rings. The Balaban J connectivity index is 1.72. The van der Waals surface area contributed by atoms with Crippen molar-refractivity contribution in [2.75, 3.05) is 11.9 Å². The van der Waals surface area contributed by atoms with Crippen LogP contribution in [0.5, 0.6) is 0 Å². The van der Waals surface area contributed by atoms with E-state index < -0.39 is 0 Å². The van der Waals surface area contributed by atoms with Gasteiger partial charge in [-0.3, -0.25) is 15.1 Å². The number of amides is 2. The van der Waals surface area contributed by atoms with Gasteiger partial charge in [-0.05, 0) is 32.3 Å². The maximum Gasteiger partial charge on any atom is 0.320 e. The minimum Gasteiger partial charge on any atom is -0.337 e. The first kappa shape index (κ1) is 19.3. The molecule has 0 bridgehead atoms. The zero-order chi connectivity index (χ0) is 20.1. The van der Waals surface area contributed by atoms with Crippen molar-refractivity contribution in [3.05, 3.63) is 69.3 Å². The molecule has 8 heteroatoms. The summed E-state index contributed by atoms with van der Waals surface area (Å²) in [7, 11) is 0. The number of carbonyl (C=O) groups is 1. The second kappa shape index (κ2) is 8.51. The molecule has 146 valence electrons. The van der Waals surface area contributed by atoms with E-state index in [2.05, 4.69) is 25.7 Å². The molecule has 0 aliphatic carbocycles. The highest BCUT2D eigenvalue weighted by molar-refractivity contribution is 5.88. The van der Waals surface area contributed by atoms with Gasteiger partial charge >= 0.3 is 6.03 Å². The monoisotopic (exact) mass is 380 g/mol. The summed E-state index contributed by atoms with van der Waals surface area (Å²) in [6, 6.07) is 11.3. The van der Waals surface area contributed by atoms with E-state index in [-0.39, 0.29) is 17.5 Å². The lowest BCUT2D eigenvalue weighted by molar-refractivity contribution is 0.252. The van der Waals surface area contributed by atoms with Gasteiger partial charge in [-0.2, -0.15) is 9.78 Å². The number of urea groups is 1. The minimum absolute atomic E-state index is 0.198. The predicted octanol–water partition coefficient (Wildman–Crippen LogP) is 2.50. The van der Waals surface area contributed by atoms with E-state index in [1.807, 2.05) is 37.3 Å². The van der Waals surface area contributed by atoms with Crippen LogP contribution in [0.15, 0.2) is 41.2 Å². The molecule has 0 aliphatic heterocycles. The smallest absolute Gasteiger partial charge is 0.320 e. The number of rotatable bonds is 6. The first-order chi connectivity index (χ1) is 13.5. The summed E-state index contributed by atoms with van der Waals surface area (Å²) in [5.41, 5.74) is 2.93. The summed E-state index contributed by atoms with van der Waals surface area (Å²) in [6.07, 6.45) is 1.33. The van der Waals surface area contributed by atoms with Crippen LogP contribution in [0.25, 0.3) is 5.95 Å². The Bertz CT molecular complexity index is 1020. The number of aromatic nitrogens is 4. The van der Waals surface area contributed by atoms with Crippen LogP contribution < -0.4 is 16.2 Å². The van der Waals surface area contributed by atoms with Crippen LogP contribution in [0, 0.1) is 13.8 Å². The largest absolute Gasteiger partial charge is 0.337 e. The molecule has 1 aromatic carbocycles. The molecular formula is C20H24N6O2. The first-order valence-corrected chi connectivity index (χ1v) is 9.23. The van der Waals surface area contributed by atoms with E-state index >= 15 is 0 Å². The Morgan fingerprint density at radius 3 is 2.64 bits per heavy atom. The highest BCUT2D eigenvalue weighted by Crippen LogP contribution is 2.14. The number of hydrogen-bond acceptors (Lipinski definition) is 4. The van der Waals surface area contributed by atoms with Crippen LogP contribution in [0.2, 0.25) is 0 Å². The number of aryl methyl sites for hydroxylation is 2. The van der Waals surface area contributed by atoms with Gasteiger partial charge in [0.25, 0.3) is 5.56 Å². The van der Waals surface area contributed by atoms with Crippen molar-refractivity contribution in [1.29, 1.82) is 0 Å². The minimum atomic E-state index is -0.346. The molecule has 3 rings (SSSR count). The van der Waals surface area contributed by atoms with E-state index in [9.17, 15) is 9.59 Å². The Labute approximate surface area is 163 Å². The number of nitrogens with one attached hydrogen (secondary N) is 3. The van der Waals surface area contributed by atoms with Crippen molar-refractivity contribution in [3.8, 4) is 5.95 Å². The average molecular weight is 380 g/mol. The first-order valence-electron chi connectivity index (χ1n) is 9.23. The fourth-order valence-corrected chi connectivity index (χ4v) is 2.99. The van der Waals surface area contributed by atoms with Gasteiger partial charge in [0, 0.05) is 23.9 Å². The second-order valence-corrected chi connectivity index (χ2v) is 6.51. The van der Waals surface area contributed by atoms with Crippen LogP contribution >= 0.6 is 0 Å². The summed E-state index contributed by atoms with van der Waals surface area (Å²) in [4.78, 5) is 31.7.